The molecule has 0 aliphatic heterocycles. The number of hydrogen-bond acceptors (Lipinski definition) is 2. The van der Waals surface area contributed by atoms with Crippen LogP contribution in [0.4, 0.5) is 0 Å². The first-order chi connectivity index (χ1) is 6.71. The highest BCUT2D eigenvalue weighted by Crippen LogP contribution is 2.35. The van der Waals surface area contributed by atoms with Crippen molar-refractivity contribution in [3.63, 3.8) is 0 Å². The number of hydrogen-bond donors (Lipinski definition) is 2. The molecule has 0 heterocycles. The summed E-state index contributed by atoms with van der Waals surface area (Å²) in [6, 6.07) is 0.327. The van der Waals surface area contributed by atoms with Gasteiger partial charge in [-0.15, -0.1) is 0 Å². The molecule has 1 fully saturated rings. The van der Waals surface area contributed by atoms with Gasteiger partial charge in [0.25, 0.3) is 0 Å². The Morgan fingerprint density at radius 3 is 2.20 bits per heavy atom. The highest BCUT2D eigenvalue weighted by molar-refractivity contribution is 5.85. The molecule has 15 heavy (non-hydrogen) atoms. The average Bonchev–Trinajstić information content (AvgIpc) is 2.07. The topological polar surface area (TPSA) is 55.1 Å². The van der Waals surface area contributed by atoms with E-state index in [1.165, 1.54) is 12.8 Å². The van der Waals surface area contributed by atoms with Gasteiger partial charge in [0.2, 0.25) is 5.91 Å². The van der Waals surface area contributed by atoms with Crippen molar-refractivity contribution in [2.24, 2.45) is 11.1 Å². The molecule has 1 aliphatic rings. The molecule has 0 unspecified atom stereocenters. The van der Waals surface area contributed by atoms with E-state index >= 15 is 0 Å². The van der Waals surface area contributed by atoms with Crippen molar-refractivity contribution in [1.82, 2.24) is 5.32 Å². The van der Waals surface area contributed by atoms with Crippen LogP contribution in [0, 0.1) is 5.41 Å². The summed E-state index contributed by atoms with van der Waals surface area (Å²) >= 11 is 0. The molecule has 0 bridgehead atoms. The molecule has 0 aromatic carbocycles. The van der Waals surface area contributed by atoms with Gasteiger partial charge >= 0.3 is 0 Å². The third-order valence-corrected chi connectivity index (χ3v) is 3.26. The van der Waals surface area contributed by atoms with Crippen molar-refractivity contribution in [1.29, 1.82) is 0 Å². The van der Waals surface area contributed by atoms with Gasteiger partial charge < -0.3 is 11.1 Å². The minimum absolute atomic E-state index is 0.0350. The average molecular weight is 212 g/mol. The van der Waals surface area contributed by atoms with Crippen molar-refractivity contribution in [2.75, 3.05) is 0 Å². The Labute approximate surface area is 92.8 Å². The van der Waals surface area contributed by atoms with Crippen LogP contribution in [0.5, 0.6) is 0 Å². The lowest BCUT2D eigenvalue weighted by Crippen LogP contribution is -2.53. The molecule has 0 aromatic rings. The molecule has 0 spiro atoms. The Morgan fingerprint density at radius 2 is 1.80 bits per heavy atom. The maximum atomic E-state index is 11.7. The van der Waals surface area contributed by atoms with E-state index < -0.39 is 5.54 Å². The van der Waals surface area contributed by atoms with Gasteiger partial charge in [-0.25, -0.2) is 0 Å². The predicted octanol–water partition coefficient (Wildman–Crippen LogP) is 1.81. The molecule has 3 heteroatoms. The van der Waals surface area contributed by atoms with Crippen LogP contribution in [0.25, 0.3) is 0 Å². The van der Waals surface area contributed by atoms with Gasteiger partial charge in [-0.1, -0.05) is 13.8 Å². The summed E-state index contributed by atoms with van der Waals surface area (Å²) in [7, 11) is 0. The van der Waals surface area contributed by atoms with Crippen LogP contribution in [0.3, 0.4) is 0 Å². The number of carbonyl (C=O) groups is 1. The van der Waals surface area contributed by atoms with Crippen LogP contribution >= 0.6 is 0 Å². The molecule has 1 amide bonds. The lowest BCUT2D eigenvalue weighted by Gasteiger charge is -2.35. The fourth-order valence-corrected chi connectivity index (χ4v) is 1.92. The van der Waals surface area contributed by atoms with E-state index in [1.807, 2.05) is 0 Å². The summed E-state index contributed by atoms with van der Waals surface area (Å²) in [5.41, 5.74) is 5.42. The van der Waals surface area contributed by atoms with E-state index in [9.17, 15) is 4.79 Å². The van der Waals surface area contributed by atoms with Gasteiger partial charge in [-0.2, -0.15) is 0 Å². The molecule has 3 nitrogen and oxygen atoms in total. The summed E-state index contributed by atoms with van der Waals surface area (Å²) in [6.07, 6.45) is 4.52. The normalized spacial score (nSPS) is 22.5. The monoisotopic (exact) mass is 212 g/mol. The number of nitrogens with one attached hydrogen (secondary N) is 1. The second-order valence-electron chi connectivity index (χ2n) is 6.13. The molecular formula is C12H24N2O. The minimum atomic E-state index is -0.757. The predicted molar refractivity (Wildman–Crippen MR) is 62.4 cm³/mol. The quantitative estimate of drug-likeness (QED) is 0.733. The number of carbonyl (C=O) groups excluding carboxylic acids is 1. The summed E-state index contributed by atoms with van der Waals surface area (Å²) in [5, 5.41) is 3.03. The van der Waals surface area contributed by atoms with Gasteiger partial charge in [0.05, 0.1) is 5.54 Å². The Kier molecular flexibility index (Phi) is 3.44. The SMILES string of the molecule is CC1(C)CCC(NC(=O)C(C)(C)N)CC1. The second kappa shape index (κ2) is 4.12. The molecule has 88 valence electrons. The first-order valence-electron chi connectivity index (χ1n) is 5.81. The Bertz CT molecular complexity index is 230. The maximum Gasteiger partial charge on any atom is 0.239 e. The lowest BCUT2D eigenvalue weighted by molar-refractivity contribution is -0.126. The van der Waals surface area contributed by atoms with E-state index in [1.54, 1.807) is 13.8 Å². The Morgan fingerprint density at radius 1 is 1.33 bits per heavy atom. The van der Waals surface area contributed by atoms with Gasteiger partial charge in [0.15, 0.2) is 0 Å². The van der Waals surface area contributed by atoms with Crippen LogP contribution in [0.2, 0.25) is 0 Å². The van der Waals surface area contributed by atoms with Crippen LogP contribution in [0.1, 0.15) is 53.4 Å². The summed E-state index contributed by atoms with van der Waals surface area (Å²) in [5.74, 6) is -0.0350. The van der Waals surface area contributed by atoms with E-state index in [4.69, 9.17) is 5.73 Å². The van der Waals surface area contributed by atoms with Crippen LogP contribution in [-0.4, -0.2) is 17.5 Å². The molecule has 0 atom stereocenters. The third-order valence-electron chi connectivity index (χ3n) is 3.26. The minimum Gasteiger partial charge on any atom is -0.352 e. The molecule has 1 saturated carbocycles. The first-order valence-corrected chi connectivity index (χ1v) is 5.81. The lowest BCUT2D eigenvalue weighted by atomic mass is 9.75. The Balaban J connectivity index is 2.40. The van der Waals surface area contributed by atoms with Crippen LogP contribution < -0.4 is 11.1 Å². The number of rotatable bonds is 2. The van der Waals surface area contributed by atoms with Crippen molar-refractivity contribution in [2.45, 2.75) is 65.0 Å². The zero-order valence-electron chi connectivity index (χ0n) is 10.4. The smallest absolute Gasteiger partial charge is 0.239 e. The summed E-state index contributed by atoms with van der Waals surface area (Å²) in [4.78, 5) is 11.7. The van der Waals surface area contributed by atoms with E-state index in [2.05, 4.69) is 19.2 Å². The highest BCUT2D eigenvalue weighted by atomic mass is 16.2. The highest BCUT2D eigenvalue weighted by Gasteiger charge is 2.30. The fraction of sp³-hybridized carbons (Fsp3) is 0.917. The van der Waals surface area contributed by atoms with E-state index in [0.717, 1.165) is 12.8 Å². The largest absolute Gasteiger partial charge is 0.352 e. The molecule has 1 aliphatic carbocycles. The van der Waals surface area contributed by atoms with Crippen molar-refractivity contribution in [3.05, 3.63) is 0 Å². The van der Waals surface area contributed by atoms with E-state index in [-0.39, 0.29) is 5.91 Å². The fourth-order valence-electron chi connectivity index (χ4n) is 1.92. The maximum absolute atomic E-state index is 11.7. The van der Waals surface area contributed by atoms with Gasteiger partial charge in [-0.3, -0.25) is 4.79 Å². The van der Waals surface area contributed by atoms with Gasteiger partial charge in [0, 0.05) is 6.04 Å². The zero-order chi connectivity index (χ0) is 11.7. The summed E-state index contributed by atoms with van der Waals surface area (Å²) in [6.45, 7) is 8.07. The number of amides is 1. The Hall–Kier alpha value is -0.570. The molecule has 0 aromatic heterocycles. The molecule has 1 rings (SSSR count). The first kappa shape index (κ1) is 12.5. The zero-order valence-corrected chi connectivity index (χ0v) is 10.4. The standard InChI is InChI=1S/C12H24N2O/c1-11(2)7-5-9(6-8-11)14-10(15)12(3,4)13/h9H,5-8,13H2,1-4H3,(H,14,15). The van der Waals surface area contributed by atoms with Crippen molar-refractivity contribution < 1.29 is 4.79 Å². The number of nitrogens with two attached hydrogens (primary N) is 1. The summed E-state index contributed by atoms with van der Waals surface area (Å²) < 4.78 is 0. The molecule has 3 N–H and O–H groups in total. The molecule has 0 saturated heterocycles. The van der Waals surface area contributed by atoms with Crippen molar-refractivity contribution >= 4 is 5.91 Å². The van der Waals surface area contributed by atoms with Crippen molar-refractivity contribution in [3.8, 4) is 0 Å². The van der Waals surface area contributed by atoms with Crippen LogP contribution in [0.15, 0.2) is 0 Å². The molecule has 0 radical (unpaired) electrons. The third kappa shape index (κ3) is 3.82. The van der Waals surface area contributed by atoms with Crippen LogP contribution in [-0.2, 0) is 4.79 Å². The van der Waals surface area contributed by atoms with Gasteiger partial charge in [-0.05, 0) is 44.9 Å². The molecular weight excluding hydrogens is 188 g/mol. The van der Waals surface area contributed by atoms with E-state index in [0.29, 0.717) is 11.5 Å². The second-order valence-corrected chi connectivity index (χ2v) is 6.13. The van der Waals surface area contributed by atoms with Gasteiger partial charge in [0.1, 0.15) is 0 Å².